The second-order valence-corrected chi connectivity index (χ2v) is 7.99. The van der Waals surface area contributed by atoms with E-state index in [1.54, 1.807) is 11.3 Å². The zero-order valence-electron chi connectivity index (χ0n) is 15.4. The van der Waals surface area contributed by atoms with Crippen LogP contribution in [0, 0.1) is 0 Å². The Kier molecular flexibility index (Phi) is 4.62. The number of hydrogen-bond acceptors (Lipinski definition) is 6. The van der Waals surface area contributed by atoms with Crippen LogP contribution in [0.1, 0.15) is 28.4 Å². The first kappa shape index (κ1) is 17.5. The number of aromatic nitrogens is 1. The van der Waals surface area contributed by atoms with Crippen LogP contribution >= 0.6 is 11.3 Å². The number of amides is 1. The summed E-state index contributed by atoms with van der Waals surface area (Å²) in [6.07, 6.45) is 0.771. The van der Waals surface area contributed by atoms with Gasteiger partial charge in [-0.2, -0.15) is 0 Å². The lowest BCUT2D eigenvalue weighted by Gasteiger charge is -2.26. The summed E-state index contributed by atoms with van der Waals surface area (Å²) in [6, 6.07) is 13.6. The van der Waals surface area contributed by atoms with Crippen molar-refractivity contribution in [2.75, 3.05) is 37.8 Å². The maximum atomic E-state index is 12.9. The van der Waals surface area contributed by atoms with Gasteiger partial charge in [0.25, 0.3) is 5.91 Å². The molecule has 1 N–H and O–H groups in total. The topological polar surface area (TPSA) is 63.7 Å². The van der Waals surface area contributed by atoms with Crippen molar-refractivity contribution in [3.05, 3.63) is 53.6 Å². The van der Waals surface area contributed by atoms with Gasteiger partial charge in [0.2, 0.25) is 0 Å². The number of nitrogens with zero attached hydrogens (tertiary/aromatic N) is 2. The van der Waals surface area contributed by atoms with E-state index in [9.17, 15) is 4.79 Å². The SMILES string of the molecule is O=C(NC1CCOc2ccccc21)c1ccc2nc(N3CCOCC3)sc2c1. The Morgan fingerprint density at radius 3 is 2.89 bits per heavy atom. The van der Waals surface area contributed by atoms with Gasteiger partial charge in [-0.1, -0.05) is 29.5 Å². The van der Waals surface area contributed by atoms with Gasteiger partial charge in [0, 0.05) is 30.6 Å². The normalized spacial score (nSPS) is 19.1. The van der Waals surface area contributed by atoms with Crippen molar-refractivity contribution in [2.24, 2.45) is 0 Å². The summed E-state index contributed by atoms with van der Waals surface area (Å²) in [6.45, 7) is 3.79. The number of rotatable bonds is 3. The molecule has 1 aromatic heterocycles. The quantitative estimate of drug-likeness (QED) is 0.737. The molecule has 6 nitrogen and oxygen atoms in total. The number of hydrogen-bond donors (Lipinski definition) is 1. The van der Waals surface area contributed by atoms with Gasteiger partial charge in [0.05, 0.1) is 36.1 Å². The molecule has 1 amide bonds. The summed E-state index contributed by atoms with van der Waals surface area (Å²) < 4.78 is 12.1. The molecule has 1 saturated heterocycles. The molecule has 0 radical (unpaired) electrons. The van der Waals surface area contributed by atoms with E-state index >= 15 is 0 Å². The van der Waals surface area contributed by atoms with Crippen molar-refractivity contribution >= 4 is 32.6 Å². The van der Waals surface area contributed by atoms with Crippen LogP contribution < -0.4 is 15.0 Å². The highest BCUT2D eigenvalue weighted by molar-refractivity contribution is 7.22. The van der Waals surface area contributed by atoms with Gasteiger partial charge in [-0.15, -0.1) is 0 Å². The van der Waals surface area contributed by atoms with E-state index in [0.29, 0.717) is 12.2 Å². The molecule has 3 aromatic rings. The number of anilines is 1. The maximum Gasteiger partial charge on any atom is 0.251 e. The van der Waals surface area contributed by atoms with Crippen molar-refractivity contribution in [2.45, 2.75) is 12.5 Å². The highest BCUT2D eigenvalue weighted by atomic mass is 32.1. The molecule has 144 valence electrons. The number of benzene rings is 2. The molecule has 1 unspecified atom stereocenters. The third-order valence-electron chi connectivity index (χ3n) is 5.18. The molecule has 5 rings (SSSR count). The molecule has 0 aliphatic carbocycles. The molecule has 2 aromatic carbocycles. The van der Waals surface area contributed by atoms with Gasteiger partial charge in [0.15, 0.2) is 5.13 Å². The Morgan fingerprint density at radius 1 is 1.14 bits per heavy atom. The fourth-order valence-electron chi connectivity index (χ4n) is 3.68. The van der Waals surface area contributed by atoms with E-state index < -0.39 is 0 Å². The molecule has 1 atom stereocenters. The highest BCUT2D eigenvalue weighted by Gasteiger charge is 2.23. The van der Waals surface area contributed by atoms with E-state index in [-0.39, 0.29) is 11.9 Å². The first-order chi connectivity index (χ1) is 13.8. The zero-order chi connectivity index (χ0) is 18.9. The zero-order valence-corrected chi connectivity index (χ0v) is 16.2. The maximum absolute atomic E-state index is 12.9. The van der Waals surface area contributed by atoms with Crippen molar-refractivity contribution < 1.29 is 14.3 Å². The number of carbonyl (C=O) groups excluding carboxylic acids is 1. The average molecular weight is 395 g/mol. The van der Waals surface area contributed by atoms with E-state index in [2.05, 4.69) is 10.2 Å². The monoisotopic (exact) mass is 395 g/mol. The Morgan fingerprint density at radius 2 is 2.00 bits per heavy atom. The van der Waals surface area contributed by atoms with E-state index in [1.807, 2.05) is 42.5 Å². The number of ether oxygens (including phenoxy) is 2. The number of morpholine rings is 1. The van der Waals surface area contributed by atoms with Crippen molar-refractivity contribution in [1.29, 1.82) is 0 Å². The minimum absolute atomic E-state index is 0.0291. The van der Waals surface area contributed by atoms with Gasteiger partial charge in [-0.3, -0.25) is 4.79 Å². The molecule has 7 heteroatoms. The summed E-state index contributed by atoms with van der Waals surface area (Å²) in [5.41, 5.74) is 2.63. The molecule has 28 heavy (non-hydrogen) atoms. The lowest BCUT2D eigenvalue weighted by molar-refractivity contribution is 0.0925. The van der Waals surface area contributed by atoms with Crippen LogP contribution in [0.3, 0.4) is 0 Å². The molecule has 0 spiro atoms. The lowest BCUT2D eigenvalue weighted by atomic mass is 10.00. The minimum atomic E-state index is -0.0649. The van der Waals surface area contributed by atoms with Gasteiger partial charge in [-0.25, -0.2) is 4.98 Å². The van der Waals surface area contributed by atoms with Crippen LogP contribution in [0.2, 0.25) is 0 Å². The molecule has 3 heterocycles. The Bertz CT molecular complexity index is 1010. The third kappa shape index (κ3) is 3.31. The highest BCUT2D eigenvalue weighted by Crippen LogP contribution is 2.33. The molecular formula is C21H21N3O3S. The third-order valence-corrected chi connectivity index (χ3v) is 6.26. The molecule has 0 bridgehead atoms. The summed E-state index contributed by atoms with van der Waals surface area (Å²) in [5, 5.41) is 4.16. The Balaban J connectivity index is 1.36. The van der Waals surface area contributed by atoms with Gasteiger partial charge < -0.3 is 19.7 Å². The number of para-hydroxylation sites is 1. The van der Waals surface area contributed by atoms with Crippen LogP contribution in [0.25, 0.3) is 10.2 Å². The predicted molar refractivity (Wildman–Crippen MR) is 109 cm³/mol. The summed E-state index contributed by atoms with van der Waals surface area (Å²) in [5.74, 6) is 0.789. The molecular weight excluding hydrogens is 374 g/mol. The second kappa shape index (κ2) is 7.41. The van der Waals surface area contributed by atoms with Gasteiger partial charge in [-0.05, 0) is 24.3 Å². The van der Waals surface area contributed by atoms with Gasteiger partial charge in [0.1, 0.15) is 5.75 Å². The average Bonchev–Trinajstić information content (AvgIpc) is 3.18. The van der Waals surface area contributed by atoms with Gasteiger partial charge >= 0.3 is 0 Å². The first-order valence-electron chi connectivity index (χ1n) is 9.54. The fourth-order valence-corrected chi connectivity index (χ4v) is 4.73. The number of thiazole rings is 1. The van der Waals surface area contributed by atoms with Crippen LogP contribution in [-0.4, -0.2) is 43.8 Å². The number of carbonyl (C=O) groups is 1. The van der Waals surface area contributed by atoms with Crippen LogP contribution in [0.5, 0.6) is 5.75 Å². The molecule has 1 fully saturated rings. The largest absolute Gasteiger partial charge is 0.493 e. The van der Waals surface area contributed by atoms with Crippen LogP contribution in [-0.2, 0) is 4.74 Å². The van der Waals surface area contributed by atoms with Crippen molar-refractivity contribution in [3.8, 4) is 5.75 Å². The number of fused-ring (bicyclic) bond motifs is 2. The van der Waals surface area contributed by atoms with Crippen molar-refractivity contribution in [3.63, 3.8) is 0 Å². The van der Waals surface area contributed by atoms with E-state index in [4.69, 9.17) is 14.5 Å². The van der Waals surface area contributed by atoms with E-state index in [1.165, 1.54) is 0 Å². The second-order valence-electron chi connectivity index (χ2n) is 6.98. The predicted octanol–water partition coefficient (Wildman–Crippen LogP) is 3.39. The smallest absolute Gasteiger partial charge is 0.251 e. The fraction of sp³-hybridized carbons (Fsp3) is 0.333. The number of nitrogens with one attached hydrogen (secondary N) is 1. The summed E-state index contributed by atoms with van der Waals surface area (Å²) in [4.78, 5) is 19.8. The van der Waals surface area contributed by atoms with Crippen LogP contribution in [0.15, 0.2) is 42.5 Å². The Hall–Kier alpha value is -2.64. The lowest BCUT2D eigenvalue weighted by Crippen LogP contribution is -2.36. The van der Waals surface area contributed by atoms with Crippen molar-refractivity contribution in [1.82, 2.24) is 10.3 Å². The molecule has 2 aliphatic rings. The molecule has 0 saturated carbocycles. The summed E-state index contributed by atoms with van der Waals surface area (Å²) in [7, 11) is 0. The molecule has 2 aliphatic heterocycles. The minimum Gasteiger partial charge on any atom is -0.493 e. The standard InChI is InChI=1S/C21H21N3O3S/c25-20(22-16-7-10-27-18-4-2-1-3-15(16)18)14-5-6-17-19(13-14)28-21(23-17)24-8-11-26-12-9-24/h1-6,13,16H,7-12H2,(H,22,25). The first-order valence-corrected chi connectivity index (χ1v) is 10.4. The van der Waals surface area contributed by atoms with E-state index in [0.717, 1.165) is 59.4 Å². The Labute approximate surface area is 167 Å². The van der Waals surface area contributed by atoms with Crippen LogP contribution in [0.4, 0.5) is 5.13 Å². The summed E-state index contributed by atoms with van der Waals surface area (Å²) >= 11 is 1.63.